The standard InChI is InChI=1S/C14H22N4O3Si2.C10H20N2O2Si2.C7H11ClN2OSi.C3H10OSi/c1-22(2,11-19-13-15-7-5-8-16-13)21-23(3,4)12-20-14-17-9-6-10-18-14;1-15(2,3)14-16(4,5)9-13-10-11-7-6-8-12-10;1-12(2,8)6-11-7-9-4-3-5-10-7;1-5(2,3)4/h5-10H,11-12H2,1-4H3;6-8H,9H2,1-5H3;3-5H,6H2,1-2H3;4H,1-3H3. The lowest BCUT2D eigenvalue weighted by molar-refractivity contribution is 0.306. The van der Waals surface area contributed by atoms with Gasteiger partial charge in [-0.2, -0.15) is 11.1 Å². The van der Waals surface area contributed by atoms with Gasteiger partial charge in [-0.15, -0.1) is 0 Å². The first-order valence-corrected chi connectivity index (χ1v) is 38.6. The Kier molecular flexibility index (Phi) is 21.9. The summed E-state index contributed by atoms with van der Waals surface area (Å²) in [4.78, 5) is 40.8. The fraction of sp³-hybridized carbons (Fsp3) is 0.529. The van der Waals surface area contributed by atoms with Gasteiger partial charge in [0.2, 0.25) is 25.0 Å². The summed E-state index contributed by atoms with van der Waals surface area (Å²) in [5.41, 5.74) is 0. The average molecular weight is 900 g/mol. The summed E-state index contributed by atoms with van der Waals surface area (Å²) >= 11 is 6.04. The molecule has 56 heavy (non-hydrogen) atoms. The number of halogens is 1. The maximum absolute atomic E-state index is 8.66. The van der Waals surface area contributed by atoms with E-state index < -0.39 is 49.0 Å². The van der Waals surface area contributed by atoms with E-state index in [2.05, 4.69) is 98.8 Å². The van der Waals surface area contributed by atoms with Gasteiger partial charge in [-0.1, -0.05) is 13.1 Å². The minimum atomic E-state index is -2.02. The van der Waals surface area contributed by atoms with Crippen molar-refractivity contribution in [3.63, 3.8) is 0 Å². The topological polar surface area (TPSA) is 179 Å². The van der Waals surface area contributed by atoms with Gasteiger partial charge in [0.25, 0.3) is 0 Å². The van der Waals surface area contributed by atoms with E-state index in [1.54, 1.807) is 73.8 Å². The number of ether oxygens (including phenoxy) is 4. The van der Waals surface area contributed by atoms with Crippen molar-refractivity contribution in [1.29, 1.82) is 0 Å². The molecule has 0 fully saturated rings. The number of nitrogens with zero attached hydrogens (tertiary/aromatic N) is 8. The van der Waals surface area contributed by atoms with Gasteiger partial charge >= 0.3 is 24.0 Å². The summed E-state index contributed by atoms with van der Waals surface area (Å²) in [5.74, 6) is 0. The van der Waals surface area contributed by atoms with Crippen LogP contribution in [0.4, 0.5) is 0 Å². The highest BCUT2D eigenvalue weighted by molar-refractivity contribution is 7.19. The van der Waals surface area contributed by atoms with Crippen LogP contribution in [0.3, 0.4) is 0 Å². The van der Waals surface area contributed by atoms with Crippen LogP contribution >= 0.6 is 11.1 Å². The molecule has 4 rings (SSSR count). The van der Waals surface area contributed by atoms with Crippen molar-refractivity contribution >= 4 is 60.0 Å². The number of hydrogen-bond donors (Lipinski definition) is 1. The maximum atomic E-state index is 8.66. The predicted molar refractivity (Wildman–Crippen MR) is 237 cm³/mol. The summed E-state index contributed by atoms with van der Waals surface area (Å²) in [6.45, 7) is 29.0. The van der Waals surface area contributed by atoms with E-state index in [1.807, 2.05) is 32.7 Å². The summed E-state index contributed by atoms with van der Waals surface area (Å²) in [5, 5.41) is 0. The molecule has 22 heteroatoms. The fourth-order valence-electron chi connectivity index (χ4n) is 4.06. The highest BCUT2D eigenvalue weighted by Gasteiger charge is 2.35. The molecule has 312 valence electrons. The van der Waals surface area contributed by atoms with Gasteiger partial charge in [-0.3, -0.25) is 0 Å². The molecule has 0 radical (unpaired) electrons. The Morgan fingerprint density at radius 2 is 0.625 bits per heavy atom. The van der Waals surface area contributed by atoms with Crippen LogP contribution in [0.15, 0.2) is 73.8 Å². The molecule has 4 heterocycles. The molecular formula is C34H63ClN8O7Si6. The lowest BCUT2D eigenvalue weighted by atomic mass is 10.7. The molecule has 0 aliphatic carbocycles. The van der Waals surface area contributed by atoms with Crippen LogP contribution in [0.5, 0.6) is 24.0 Å². The Balaban J connectivity index is 0.000000414. The minimum Gasteiger partial charge on any atom is -0.466 e. The van der Waals surface area contributed by atoms with Gasteiger partial charge in [0.1, 0.15) is 18.7 Å². The quantitative estimate of drug-likeness (QED) is 0.0872. The summed E-state index contributed by atoms with van der Waals surface area (Å²) in [7, 11) is -10.6. The SMILES string of the molecule is C[Si](C)(C)O.C[Si](C)(C)O[Si](C)(C)COc1ncccn1.C[Si](C)(COc1ncccn1)O[Si](C)(C)COc1ncccn1.C[Si](C)(Cl)COc1ncccn1. The second-order valence-electron chi connectivity index (χ2n) is 16.8. The molecule has 0 aliphatic rings. The Labute approximate surface area is 344 Å². The van der Waals surface area contributed by atoms with Gasteiger partial charge < -0.3 is 32.0 Å². The molecule has 0 bridgehead atoms. The van der Waals surface area contributed by atoms with Crippen LogP contribution < -0.4 is 18.9 Å². The van der Waals surface area contributed by atoms with Gasteiger partial charge in [-0.25, -0.2) is 39.9 Å². The third kappa shape index (κ3) is 30.2. The molecule has 0 saturated heterocycles. The zero-order valence-corrected chi connectivity index (χ0v) is 42.4. The molecule has 0 saturated carbocycles. The molecule has 0 aromatic carbocycles. The summed E-state index contributed by atoms with van der Waals surface area (Å²) in [6, 6.07) is 8.62. The average Bonchev–Trinajstić information content (AvgIpc) is 3.08. The van der Waals surface area contributed by atoms with E-state index in [9.17, 15) is 0 Å². The van der Waals surface area contributed by atoms with E-state index in [4.69, 9.17) is 43.1 Å². The van der Waals surface area contributed by atoms with E-state index in [0.717, 1.165) is 0 Å². The molecule has 0 amide bonds. The van der Waals surface area contributed by atoms with Crippen molar-refractivity contribution in [3.05, 3.63) is 73.8 Å². The maximum Gasteiger partial charge on any atom is 0.316 e. The van der Waals surface area contributed by atoms with Crippen LogP contribution in [-0.2, 0) is 8.23 Å². The summed E-state index contributed by atoms with van der Waals surface area (Å²) in [6.07, 6.45) is 15.4. The minimum absolute atomic E-state index is 0.380. The van der Waals surface area contributed by atoms with Crippen molar-refractivity contribution in [1.82, 2.24) is 39.9 Å². The molecule has 0 spiro atoms. The first kappa shape index (κ1) is 51.0. The molecule has 4 aromatic heterocycles. The van der Waals surface area contributed by atoms with Crippen LogP contribution in [0, 0.1) is 0 Å². The van der Waals surface area contributed by atoms with Crippen molar-refractivity contribution in [3.8, 4) is 24.0 Å². The second kappa shape index (κ2) is 24.0. The van der Waals surface area contributed by atoms with E-state index >= 15 is 0 Å². The lowest BCUT2D eigenvalue weighted by Crippen LogP contribution is -2.51. The van der Waals surface area contributed by atoms with Gasteiger partial charge in [0, 0.05) is 49.6 Å². The predicted octanol–water partition coefficient (Wildman–Crippen LogP) is 7.33. The number of aromatic nitrogens is 8. The first-order chi connectivity index (χ1) is 25.7. The van der Waals surface area contributed by atoms with Gasteiger partial charge in [0.05, 0.1) is 6.23 Å². The van der Waals surface area contributed by atoms with E-state index in [1.165, 1.54) is 0 Å². The smallest absolute Gasteiger partial charge is 0.316 e. The largest absolute Gasteiger partial charge is 0.466 e. The molecule has 1 N–H and O–H groups in total. The van der Waals surface area contributed by atoms with Gasteiger partial charge in [0.15, 0.2) is 24.0 Å². The second-order valence-corrected chi connectivity index (χ2v) is 45.2. The third-order valence-corrected chi connectivity index (χ3v) is 18.3. The molecule has 15 nitrogen and oxygen atoms in total. The molecule has 0 unspecified atom stereocenters. The first-order valence-electron chi connectivity index (χ1n) is 18.1. The highest BCUT2D eigenvalue weighted by atomic mass is 35.6. The Hall–Kier alpha value is -3.01. The van der Waals surface area contributed by atoms with Crippen LogP contribution in [0.2, 0.25) is 91.7 Å². The van der Waals surface area contributed by atoms with Crippen molar-refractivity contribution < 1.29 is 32.0 Å². The number of hydrogen-bond acceptors (Lipinski definition) is 15. The fourth-order valence-corrected chi connectivity index (χ4v) is 19.4. The zero-order chi connectivity index (χ0) is 42.5. The normalized spacial score (nSPS) is 12.0. The zero-order valence-electron chi connectivity index (χ0n) is 35.6. The van der Waals surface area contributed by atoms with E-state index in [0.29, 0.717) is 49.0 Å². The monoisotopic (exact) mass is 898 g/mol. The van der Waals surface area contributed by atoms with Crippen LogP contribution in [0.1, 0.15) is 0 Å². The molecule has 0 atom stereocenters. The van der Waals surface area contributed by atoms with Crippen LogP contribution in [-0.4, -0.2) is 119 Å². The molecule has 0 aliphatic heterocycles. The highest BCUT2D eigenvalue weighted by Crippen LogP contribution is 2.17. The van der Waals surface area contributed by atoms with Crippen molar-refractivity contribution in [2.75, 3.05) is 24.9 Å². The summed E-state index contributed by atoms with van der Waals surface area (Å²) < 4.78 is 34.7. The Morgan fingerprint density at radius 1 is 0.411 bits per heavy atom. The van der Waals surface area contributed by atoms with Gasteiger partial charge in [-0.05, 0) is 103 Å². The molecular weight excluding hydrogens is 836 g/mol. The lowest BCUT2D eigenvalue weighted by Gasteiger charge is -2.32. The number of rotatable bonds is 16. The Morgan fingerprint density at radius 3 is 0.839 bits per heavy atom. The molecule has 4 aromatic rings. The van der Waals surface area contributed by atoms with E-state index in [-0.39, 0.29) is 0 Å². The third-order valence-electron chi connectivity index (χ3n) is 5.49. The Bertz CT molecular complexity index is 1550. The van der Waals surface area contributed by atoms with Crippen molar-refractivity contribution in [2.24, 2.45) is 0 Å². The van der Waals surface area contributed by atoms with Crippen molar-refractivity contribution in [2.45, 2.75) is 91.7 Å². The van der Waals surface area contributed by atoms with Crippen LogP contribution in [0.25, 0.3) is 0 Å².